The summed E-state index contributed by atoms with van der Waals surface area (Å²) in [5.41, 5.74) is 3.15. The van der Waals surface area contributed by atoms with Crippen LogP contribution in [-0.2, 0) is 10.2 Å². The summed E-state index contributed by atoms with van der Waals surface area (Å²) in [6, 6.07) is 8.99. The lowest BCUT2D eigenvalue weighted by Crippen LogP contribution is -2.49. The summed E-state index contributed by atoms with van der Waals surface area (Å²) >= 11 is 0. The van der Waals surface area contributed by atoms with Crippen molar-refractivity contribution in [2.75, 3.05) is 26.3 Å². The molecular weight excluding hydrogens is 222 g/mol. The molecule has 0 bridgehead atoms. The summed E-state index contributed by atoms with van der Waals surface area (Å²) in [5.74, 6) is 0.822. The normalized spacial score (nSPS) is 26.6. The Kier molecular flexibility index (Phi) is 3.40. The zero-order chi connectivity index (χ0) is 12.4. The van der Waals surface area contributed by atoms with Gasteiger partial charge >= 0.3 is 0 Å². The standard InChI is InChI=1S/C16H23NO/c1-13-4-2-6-15(8-13)16(11-18-12-16)9-14-5-3-7-17-10-14/h2,4,6,8,14,17H,3,5,7,9-12H2,1H3. The Hall–Kier alpha value is -0.860. The van der Waals surface area contributed by atoms with Gasteiger partial charge in [-0.3, -0.25) is 0 Å². The van der Waals surface area contributed by atoms with Gasteiger partial charge in [0.15, 0.2) is 0 Å². The van der Waals surface area contributed by atoms with Gasteiger partial charge in [-0.2, -0.15) is 0 Å². The van der Waals surface area contributed by atoms with Gasteiger partial charge in [-0.1, -0.05) is 29.8 Å². The third-order valence-corrected chi connectivity index (χ3v) is 4.47. The highest BCUT2D eigenvalue weighted by atomic mass is 16.5. The molecule has 0 saturated carbocycles. The minimum atomic E-state index is 0.301. The van der Waals surface area contributed by atoms with Crippen molar-refractivity contribution in [3.63, 3.8) is 0 Å². The fourth-order valence-corrected chi connectivity index (χ4v) is 3.38. The van der Waals surface area contributed by atoms with Crippen LogP contribution >= 0.6 is 0 Å². The first-order valence-corrected chi connectivity index (χ1v) is 7.14. The minimum absolute atomic E-state index is 0.301. The highest BCUT2D eigenvalue weighted by Gasteiger charge is 2.42. The molecule has 0 radical (unpaired) electrons. The highest BCUT2D eigenvalue weighted by molar-refractivity contribution is 5.31. The molecule has 2 heteroatoms. The van der Waals surface area contributed by atoms with Crippen molar-refractivity contribution in [2.45, 2.75) is 31.6 Å². The highest BCUT2D eigenvalue weighted by Crippen LogP contribution is 2.39. The lowest BCUT2D eigenvalue weighted by atomic mass is 9.70. The van der Waals surface area contributed by atoms with Gasteiger partial charge in [-0.15, -0.1) is 0 Å². The van der Waals surface area contributed by atoms with Crippen molar-refractivity contribution in [3.05, 3.63) is 35.4 Å². The van der Waals surface area contributed by atoms with Crippen LogP contribution in [0.25, 0.3) is 0 Å². The number of rotatable bonds is 3. The predicted octanol–water partition coefficient (Wildman–Crippen LogP) is 2.65. The first-order chi connectivity index (χ1) is 8.78. The monoisotopic (exact) mass is 245 g/mol. The second kappa shape index (κ2) is 5.02. The number of hydrogen-bond donors (Lipinski definition) is 1. The molecule has 2 nitrogen and oxygen atoms in total. The first-order valence-electron chi connectivity index (χ1n) is 7.14. The number of nitrogens with one attached hydrogen (secondary N) is 1. The van der Waals surface area contributed by atoms with E-state index in [0.29, 0.717) is 5.41 Å². The van der Waals surface area contributed by atoms with Crippen molar-refractivity contribution in [3.8, 4) is 0 Å². The Morgan fingerprint density at radius 1 is 1.39 bits per heavy atom. The number of ether oxygens (including phenoxy) is 1. The molecule has 1 aromatic carbocycles. The summed E-state index contributed by atoms with van der Waals surface area (Å²) in [7, 11) is 0. The number of benzene rings is 1. The Morgan fingerprint density at radius 2 is 2.28 bits per heavy atom. The zero-order valence-electron chi connectivity index (χ0n) is 11.2. The third-order valence-electron chi connectivity index (χ3n) is 4.47. The molecule has 1 atom stereocenters. The van der Waals surface area contributed by atoms with E-state index in [1.807, 2.05) is 0 Å². The Bertz CT molecular complexity index is 405. The summed E-state index contributed by atoms with van der Waals surface area (Å²) in [6.07, 6.45) is 3.99. The lowest BCUT2D eigenvalue weighted by Gasteiger charge is -2.45. The molecule has 1 aromatic rings. The molecule has 0 spiro atoms. The van der Waals surface area contributed by atoms with Crippen LogP contribution in [0.2, 0.25) is 0 Å². The molecule has 98 valence electrons. The maximum Gasteiger partial charge on any atom is 0.0585 e. The van der Waals surface area contributed by atoms with Gasteiger partial charge in [-0.25, -0.2) is 0 Å². The molecule has 2 aliphatic heterocycles. The molecule has 1 N–H and O–H groups in total. The van der Waals surface area contributed by atoms with E-state index in [2.05, 4.69) is 36.5 Å². The van der Waals surface area contributed by atoms with Crippen molar-refractivity contribution < 1.29 is 4.74 Å². The zero-order valence-corrected chi connectivity index (χ0v) is 11.2. The Balaban J connectivity index is 1.77. The molecule has 18 heavy (non-hydrogen) atoms. The van der Waals surface area contributed by atoms with Crippen LogP contribution < -0.4 is 5.32 Å². The summed E-state index contributed by atoms with van der Waals surface area (Å²) in [5, 5.41) is 3.53. The summed E-state index contributed by atoms with van der Waals surface area (Å²) in [6.45, 7) is 6.39. The lowest BCUT2D eigenvalue weighted by molar-refractivity contribution is -0.0727. The van der Waals surface area contributed by atoms with Gasteiger partial charge in [0.2, 0.25) is 0 Å². The van der Waals surface area contributed by atoms with Crippen LogP contribution in [0.4, 0.5) is 0 Å². The summed E-state index contributed by atoms with van der Waals surface area (Å²) < 4.78 is 5.55. The Morgan fingerprint density at radius 3 is 2.89 bits per heavy atom. The van der Waals surface area contributed by atoms with Crippen LogP contribution in [0.3, 0.4) is 0 Å². The van der Waals surface area contributed by atoms with Crippen LogP contribution in [-0.4, -0.2) is 26.3 Å². The SMILES string of the molecule is Cc1cccc(C2(CC3CCCNC3)COC2)c1. The fraction of sp³-hybridized carbons (Fsp3) is 0.625. The molecule has 2 saturated heterocycles. The second-order valence-electron chi connectivity index (χ2n) is 6.06. The molecule has 0 amide bonds. The quantitative estimate of drug-likeness (QED) is 0.884. The Labute approximate surface area is 110 Å². The number of aryl methyl sites for hydroxylation is 1. The van der Waals surface area contributed by atoms with E-state index in [9.17, 15) is 0 Å². The van der Waals surface area contributed by atoms with Crippen molar-refractivity contribution in [1.29, 1.82) is 0 Å². The van der Waals surface area contributed by atoms with Crippen molar-refractivity contribution in [1.82, 2.24) is 5.32 Å². The van der Waals surface area contributed by atoms with E-state index in [4.69, 9.17) is 4.74 Å². The first kappa shape index (κ1) is 12.2. The van der Waals surface area contributed by atoms with Crippen LogP contribution in [0.15, 0.2) is 24.3 Å². The van der Waals surface area contributed by atoms with E-state index < -0.39 is 0 Å². The van der Waals surface area contributed by atoms with Gasteiger partial charge in [-0.05, 0) is 50.8 Å². The van der Waals surface area contributed by atoms with Crippen LogP contribution in [0.1, 0.15) is 30.4 Å². The molecule has 0 aromatic heterocycles. The van der Waals surface area contributed by atoms with Gasteiger partial charge in [0, 0.05) is 5.41 Å². The predicted molar refractivity (Wildman–Crippen MR) is 73.9 cm³/mol. The largest absolute Gasteiger partial charge is 0.379 e. The minimum Gasteiger partial charge on any atom is -0.379 e. The second-order valence-corrected chi connectivity index (χ2v) is 6.06. The summed E-state index contributed by atoms with van der Waals surface area (Å²) in [4.78, 5) is 0. The molecule has 3 rings (SSSR count). The number of piperidine rings is 1. The topological polar surface area (TPSA) is 21.3 Å². The van der Waals surface area contributed by atoms with E-state index >= 15 is 0 Å². The van der Waals surface area contributed by atoms with E-state index in [1.54, 1.807) is 0 Å². The van der Waals surface area contributed by atoms with Crippen molar-refractivity contribution >= 4 is 0 Å². The molecule has 2 heterocycles. The molecular formula is C16H23NO. The number of hydrogen-bond acceptors (Lipinski definition) is 2. The third kappa shape index (κ3) is 2.32. The van der Waals surface area contributed by atoms with E-state index in [0.717, 1.165) is 19.1 Å². The maximum atomic E-state index is 5.55. The van der Waals surface area contributed by atoms with Crippen LogP contribution in [0, 0.1) is 12.8 Å². The van der Waals surface area contributed by atoms with Gasteiger partial charge < -0.3 is 10.1 Å². The van der Waals surface area contributed by atoms with Gasteiger partial charge in [0.05, 0.1) is 13.2 Å². The maximum absolute atomic E-state index is 5.55. The smallest absolute Gasteiger partial charge is 0.0585 e. The molecule has 2 fully saturated rings. The fourth-order valence-electron chi connectivity index (χ4n) is 3.38. The molecule has 0 aliphatic carbocycles. The van der Waals surface area contributed by atoms with Gasteiger partial charge in [0.1, 0.15) is 0 Å². The van der Waals surface area contributed by atoms with Crippen molar-refractivity contribution in [2.24, 2.45) is 5.92 Å². The average molecular weight is 245 g/mol. The van der Waals surface area contributed by atoms with E-state index in [-0.39, 0.29) is 0 Å². The average Bonchev–Trinajstić information content (AvgIpc) is 2.35. The van der Waals surface area contributed by atoms with Crippen LogP contribution in [0.5, 0.6) is 0 Å². The molecule has 2 aliphatic rings. The molecule has 1 unspecified atom stereocenters. The van der Waals surface area contributed by atoms with E-state index in [1.165, 1.54) is 43.5 Å². The van der Waals surface area contributed by atoms with Gasteiger partial charge in [0.25, 0.3) is 0 Å².